The predicted molar refractivity (Wildman–Crippen MR) is 133 cm³/mol. The minimum atomic E-state index is -4.34. The summed E-state index contributed by atoms with van der Waals surface area (Å²) in [4.78, 5) is 0. The van der Waals surface area contributed by atoms with Gasteiger partial charge in [0.2, 0.25) is 5.92 Å². The summed E-state index contributed by atoms with van der Waals surface area (Å²) < 4.78 is 90.6. The van der Waals surface area contributed by atoms with Crippen molar-refractivity contribution < 1.29 is 30.7 Å². The molecule has 1 unspecified atom stereocenters. The SMILES string of the molecule is CC.CCC(Nc1cc(C)c(C(C)C)c(F)c1)C(F)(F)F.Cc1cc(C2CC(F)(F)C2)cc(F)c1C. The third kappa shape index (κ3) is 8.41. The van der Waals surface area contributed by atoms with Gasteiger partial charge in [0.1, 0.15) is 17.7 Å². The Labute approximate surface area is 210 Å². The van der Waals surface area contributed by atoms with Gasteiger partial charge in [0.05, 0.1) is 0 Å². The Hall–Kier alpha value is -2.25. The van der Waals surface area contributed by atoms with Crippen LogP contribution in [0.25, 0.3) is 0 Å². The highest BCUT2D eigenvalue weighted by Gasteiger charge is 2.46. The fraction of sp³-hybridized carbons (Fsp3) is 0.571. The summed E-state index contributed by atoms with van der Waals surface area (Å²) in [5.74, 6) is -3.47. The standard InChI is InChI=1S/C14H19F4N.C12H13F3.C2H6/c1-5-12(14(16,17)18)19-10-6-9(4)13(8(2)3)11(15)7-10;1-7-3-9(4-11(13)8(7)2)10-5-12(14,15)6-10;1-2/h6-8,12,19H,5H2,1-4H3;3-4,10H,5-6H2,1-2H3;1-2H3. The van der Waals surface area contributed by atoms with Crippen LogP contribution < -0.4 is 5.32 Å². The predicted octanol–water partition coefficient (Wildman–Crippen LogP) is 9.99. The van der Waals surface area contributed by atoms with Crippen molar-refractivity contribution in [3.8, 4) is 0 Å². The van der Waals surface area contributed by atoms with Gasteiger partial charge in [-0.05, 0) is 85.0 Å². The molecule has 0 aliphatic heterocycles. The molecule has 0 radical (unpaired) electrons. The number of alkyl halides is 5. The van der Waals surface area contributed by atoms with Crippen LogP contribution in [0.5, 0.6) is 0 Å². The van der Waals surface area contributed by atoms with Gasteiger partial charge in [-0.2, -0.15) is 13.2 Å². The topological polar surface area (TPSA) is 12.0 Å². The first-order valence-corrected chi connectivity index (χ1v) is 12.3. The van der Waals surface area contributed by atoms with E-state index < -0.39 is 24.0 Å². The van der Waals surface area contributed by atoms with Gasteiger partial charge in [0, 0.05) is 18.5 Å². The van der Waals surface area contributed by atoms with Crippen molar-refractivity contribution in [3.05, 3.63) is 63.7 Å². The molecule has 8 heteroatoms. The fourth-order valence-corrected chi connectivity index (χ4v) is 4.16. The lowest BCUT2D eigenvalue weighted by Crippen LogP contribution is -2.35. The summed E-state index contributed by atoms with van der Waals surface area (Å²) in [6.07, 6.45) is -4.73. The van der Waals surface area contributed by atoms with Crippen molar-refractivity contribution in [1.29, 1.82) is 0 Å². The van der Waals surface area contributed by atoms with E-state index in [0.717, 1.165) is 11.6 Å². The number of rotatable bonds is 5. The summed E-state index contributed by atoms with van der Waals surface area (Å²) >= 11 is 0. The van der Waals surface area contributed by atoms with E-state index >= 15 is 0 Å². The number of hydrogen-bond donors (Lipinski definition) is 1. The first-order valence-electron chi connectivity index (χ1n) is 12.3. The minimum absolute atomic E-state index is 0.00126. The summed E-state index contributed by atoms with van der Waals surface area (Å²) in [6.45, 7) is 14.4. The quantitative estimate of drug-likeness (QED) is 0.386. The van der Waals surface area contributed by atoms with Crippen molar-refractivity contribution >= 4 is 5.69 Å². The van der Waals surface area contributed by atoms with Crippen LogP contribution in [0, 0.1) is 32.4 Å². The minimum Gasteiger partial charge on any atom is -0.374 e. The molecular formula is C28H38F7N. The number of halogens is 7. The van der Waals surface area contributed by atoms with Crippen molar-refractivity contribution in [2.75, 3.05) is 5.32 Å². The van der Waals surface area contributed by atoms with Crippen LogP contribution in [0.4, 0.5) is 36.4 Å². The van der Waals surface area contributed by atoms with Crippen molar-refractivity contribution in [2.24, 2.45) is 0 Å². The van der Waals surface area contributed by atoms with E-state index in [1.807, 2.05) is 33.8 Å². The zero-order valence-electron chi connectivity index (χ0n) is 22.3. The van der Waals surface area contributed by atoms with Crippen molar-refractivity contribution in [3.63, 3.8) is 0 Å². The van der Waals surface area contributed by atoms with Crippen LogP contribution in [0.3, 0.4) is 0 Å². The van der Waals surface area contributed by atoms with Gasteiger partial charge in [0.25, 0.3) is 0 Å². The smallest absolute Gasteiger partial charge is 0.374 e. The molecule has 0 bridgehead atoms. The number of hydrogen-bond acceptors (Lipinski definition) is 1. The van der Waals surface area contributed by atoms with Crippen LogP contribution in [-0.2, 0) is 0 Å². The molecule has 2 aromatic rings. The first-order chi connectivity index (χ1) is 16.6. The molecule has 1 fully saturated rings. The third-order valence-corrected chi connectivity index (χ3v) is 6.25. The van der Waals surface area contributed by atoms with Gasteiger partial charge in [-0.25, -0.2) is 17.6 Å². The third-order valence-electron chi connectivity index (χ3n) is 6.25. The Morgan fingerprint density at radius 3 is 1.86 bits per heavy atom. The summed E-state index contributed by atoms with van der Waals surface area (Å²) in [5.41, 5.74) is 3.52. The number of anilines is 1. The average Bonchev–Trinajstić information content (AvgIpc) is 2.74. The van der Waals surface area contributed by atoms with E-state index in [1.165, 1.54) is 13.0 Å². The molecule has 204 valence electrons. The second-order valence-corrected chi connectivity index (χ2v) is 9.40. The van der Waals surface area contributed by atoms with Crippen LogP contribution >= 0.6 is 0 Å². The number of aryl methyl sites for hydroxylation is 2. The van der Waals surface area contributed by atoms with Gasteiger partial charge in [-0.1, -0.05) is 40.7 Å². The van der Waals surface area contributed by atoms with Gasteiger partial charge in [0.15, 0.2) is 0 Å². The Morgan fingerprint density at radius 2 is 1.47 bits per heavy atom. The summed E-state index contributed by atoms with van der Waals surface area (Å²) in [6, 6.07) is 4.25. The van der Waals surface area contributed by atoms with Crippen molar-refractivity contribution in [2.45, 2.75) is 105 Å². The largest absolute Gasteiger partial charge is 0.408 e. The molecule has 0 heterocycles. The van der Waals surface area contributed by atoms with Gasteiger partial charge < -0.3 is 5.32 Å². The van der Waals surface area contributed by atoms with E-state index in [0.29, 0.717) is 22.3 Å². The van der Waals surface area contributed by atoms with Crippen LogP contribution in [0.1, 0.15) is 93.5 Å². The highest BCUT2D eigenvalue weighted by atomic mass is 19.4. The average molecular weight is 522 g/mol. The number of benzene rings is 2. The Morgan fingerprint density at radius 1 is 0.917 bits per heavy atom. The molecule has 0 spiro atoms. The molecule has 3 rings (SSSR count). The van der Waals surface area contributed by atoms with E-state index in [9.17, 15) is 30.7 Å². The molecule has 1 atom stereocenters. The second kappa shape index (κ2) is 12.8. The van der Waals surface area contributed by atoms with Crippen LogP contribution in [-0.4, -0.2) is 18.1 Å². The Balaban J connectivity index is 0.000000344. The molecular weight excluding hydrogens is 483 g/mol. The van der Waals surface area contributed by atoms with Crippen LogP contribution in [0.15, 0.2) is 24.3 Å². The maximum absolute atomic E-state index is 13.9. The van der Waals surface area contributed by atoms with Gasteiger partial charge in [-0.15, -0.1) is 0 Å². The molecule has 2 aromatic carbocycles. The van der Waals surface area contributed by atoms with Crippen LogP contribution in [0.2, 0.25) is 0 Å². The highest BCUT2D eigenvalue weighted by molar-refractivity contribution is 5.50. The second-order valence-electron chi connectivity index (χ2n) is 9.40. The maximum Gasteiger partial charge on any atom is 0.408 e. The van der Waals surface area contributed by atoms with Gasteiger partial charge in [-0.3, -0.25) is 0 Å². The lowest BCUT2D eigenvalue weighted by atomic mass is 9.76. The molecule has 36 heavy (non-hydrogen) atoms. The zero-order chi connectivity index (χ0) is 28.0. The zero-order valence-corrected chi connectivity index (χ0v) is 22.3. The molecule has 0 saturated heterocycles. The summed E-state index contributed by atoms with van der Waals surface area (Å²) in [5, 5.41) is 2.35. The molecule has 0 amide bonds. The Bertz CT molecular complexity index is 942. The summed E-state index contributed by atoms with van der Waals surface area (Å²) in [7, 11) is 0. The normalized spacial score (nSPS) is 15.8. The Kier molecular flexibility index (Phi) is 11.3. The maximum atomic E-state index is 13.9. The lowest BCUT2D eigenvalue weighted by molar-refractivity contribution is -0.142. The fourth-order valence-electron chi connectivity index (χ4n) is 4.16. The van der Waals surface area contributed by atoms with E-state index in [-0.39, 0.29) is 42.6 Å². The molecule has 1 N–H and O–H groups in total. The molecule has 0 aromatic heterocycles. The van der Waals surface area contributed by atoms with E-state index in [1.54, 1.807) is 26.8 Å². The molecule has 1 saturated carbocycles. The van der Waals surface area contributed by atoms with Gasteiger partial charge >= 0.3 is 6.18 Å². The number of nitrogens with one attached hydrogen (secondary N) is 1. The van der Waals surface area contributed by atoms with E-state index in [4.69, 9.17) is 0 Å². The highest BCUT2D eigenvalue weighted by Crippen LogP contribution is 2.48. The molecule has 1 nitrogen and oxygen atoms in total. The molecule has 1 aliphatic carbocycles. The van der Waals surface area contributed by atoms with E-state index in [2.05, 4.69) is 5.32 Å². The van der Waals surface area contributed by atoms with Crippen molar-refractivity contribution in [1.82, 2.24) is 0 Å². The molecule has 1 aliphatic rings. The monoisotopic (exact) mass is 521 g/mol. The first kappa shape index (κ1) is 31.8. The lowest BCUT2D eigenvalue weighted by Gasteiger charge is -2.35.